The number of amides is 2. The summed E-state index contributed by atoms with van der Waals surface area (Å²) in [6.07, 6.45) is 3.26. The van der Waals surface area contributed by atoms with Gasteiger partial charge in [0.05, 0.1) is 11.7 Å². The summed E-state index contributed by atoms with van der Waals surface area (Å²) in [5.74, 6) is -0.261. The lowest BCUT2D eigenvalue weighted by Gasteiger charge is -2.32. The fourth-order valence-corrected chi connectivity index (χ4v) is 3.61. The zero-order chi connectivity index (χ0) is 25.2. The van der Waals surface area contributed by atoms with Crippen molar-refractivity contribution in [2.75, 3.05) is 6.54 Å². The minimum atomic E-state index is -0.615. The second-order valence-corrected chi connectivity index (χ2v) is 8.79. The molecule has 0 saturated carbocycles. The summed E-state index contributed by atoms with van der Waals surface area (Å²) in [6, 6.07) is 8.94. The van der Waals surface area contributed by atoms with Crippen LogP contribution in [0.4, 0.5) is 0 Å². The molecule has 1 aliphatic heterocycles. The van der Waals surface area contributed by atoms with E-state index in [0.29, 0.717) is 19.5 Å². The van der Waals surface area contributed by atoms with Gasteiger partial charge < -0.3 is 16.0 Å². The lowest BCUT2D eigenvalue weighted by atomic mass is 9.86. The fraction of sp³-hybridized carbons (Fsp3) is 0.577. The number of nitrogens with two attached hydrogens (primary N) is 1. The number of nitrogens with zero attached hydrogens (tertiary/aromatic N) is 3. The number of carbonyl (C=O) groups excluding carboxylic acids is 2. The molecule has 7 nitrogen and oxygen atoms in total. The first-order valence-corrected chi connectivity index (χ1v) is 12.1. The van der Waals surface area contributed by atoms with Crippen molar-refractivity contribution in [3.63, 3.8) is 0 Å². The molecule has 0 aliphatic carbocycles. The first kappa shape index (κ1) is 28.4. The van der Waals surface area contributed by atoms with Crippen LogP contribution in [0.2, 0.25) is 0 Å². The van der Waals surface area contributed by atoms with Crippen LogP contribution in [0.15, 0.2) is 36.5 Å². The van der Waals surface area contributed by atoms with Crippen LogP contribution in [0.3, 0.4) is 0 Å². The molecule has 33 heavy (non-hydrogen) atoms. The van der Waals surface area contributed by atoms with Crippen LogP contribution in [0.25, 0.3) is 11.3 Å². The first-order chi connectivity index (χ1) is 15.7. The summed E-state index contributed by atoms with van der Waals surface area (Å²) in [7, 11) is 1.91. The molecule has 2 unspecified atom stereocenters. The highest BCUT2D eigenvalue weighted by Gasteiger charge is 2.39. The maximum Gasteiger partial charge on any atom is 0.243 e. The van der Waals surface area contributed by atoms with Gasteiger partial charge in [-0.15, -0.1) is 0 Å². The summed E-state index contributed by atoms with van der Waals surface area (Å²) in [6.45, 7) is 14.8. The second-order valence-electron chi connectivity index (χ2n) is 8.79. The van der Waals surface area contributed by atoms with Gasteiger partial charge in [-0.1, -0.05) is 72.7 Å². The van der Waals surface area contributed by atoms with Gasteiger partial charge in [0, 0.05) is 26.3 Å². The highest BCUT2D eigenvalue weighted by Crippen LogP contribution is 2.24. The van der Waals surface area contributed by atoms with Gasteiger partial charge in [-0.25, -0.2) is 0 Å². The highest BCUT2D eigenvalue weighted by atomic mass is 16.2. The Hall–Kier alpha value is -2.67. The van der Waals surface area contributed by atoms with Crippen LogP contribution in [0.1, 0.15) is 66.9 Å². The van der Waals surface area contributed by atoms with Gasteiger partial charge in [-0.3, -0.25) is 14.3 Å². The van der Waals surface area contributed by atoms with Gasteiger partial charge in [-0.2, -0.15) is 5.10 Å². The van der Waals surface area contributed by atoms with E-state index in [4.69, 9.17) is 5.73 Å². The number of rotatable bonds is 5. The molecule has 0 radical (unpaired) electrons. The molecule has 0 bridgehead atoms. The molecule has 2 heterocycles. The van der Waals surface area contributed by atoms with Crippen molar-refractivity contribution in [1.82, 2.24) is 20.0 Å². The molecule has 1 aromatic heterocycles. The number of hydrogen-bond donors (Lipinski definition) is 2. The quantitative estimate of drug-likeness (QED) is 0.706. The van der Waals surface area contributed by atoms with E-state index < -0.39 is 12.1 Å². The molecule has 2 amide bonds. The van der Waals surface area contributed by atoms with E-state index in [-0.39, 0.29) is 17.2 Å². The summed E-state index contributed by atoms with van der Waals surface area (Å²) < 4.78 is 1.82. The smallest absolute Gasteiger partial charge is 0.243 e. The summed E-state index contributed by atoms with van der Waals surface area (Å²) in [5.41, 5.74) is 8.92. The Kier molecular flexibility index (Phi) is 11.3. The van der Waals surface area contributed by atoms with E-state index in [1.165, 1.54) is 0 Å². The van der Waals surface area contributed by atoms with Crippen molar-refractivity contribution in [3.8, 4) is 11.3 Å². The lowest BCUT2D eigenvalue weighted by molar-refractivity contribution is -0.141. The van der Waals surface area contributed by atoms with Crippen LogP contribution >= 0.6 is 0 Å². The number of aryl methyl sites for hydroxylation is 1. The molecule has 2 atom stereocenters. The maximum atomic E-state index is 12.8. The van der Waals surface area contributed by atoms with E-state index in [9.17, 15) is 9.59 Å². The zero-order valence-corrected chi connectivity index (χ0v) is 21.7. The van der Waals surface area contributed by atoms with Gasteiger partial charge in [0.15, 0.2) is 0 Å². The summed E-state index contributed by atoms with van der Waals surface area (Å²) in [5, 5.41) is 7.16. The third kappa shape index (κ3) is 7.42. The predicted octanol–water partition coefficient (Wildman–Crippen LogP) is 4.12. The molecule has 1 aliphatic rings. The van der Waals surface area contributed by atoms with Crippen molar-refractivity contribution in [1.29, 1.82) is 0 Å². The second kappa shape index (κ2) is 13.1. The highest BCUT2D eigenvalue weighted by molar-refractivity contribution is 5.90. The van der Waals surface area contributed by atoms with Crippen molar-refractivity contribution < 1.29 is 9.59 Å². The molecule has 7 heteroatoms. The Balaban J connectivity index is 0.00000129. The number of benzene rings is 1. The number of aromatic nitrogens is 2. The Morgan fingerprint density at radius 3 is 2.24 bits per heavy atom. The summed E-state index contributed by atoms with van der Waals surface area (Å²) in [4.78, 5) is 27.2. The molecule has 1 aromatic carbocycles. The molecule has 3 rings (SSSR count). The molecule has 1 saturated heterocycles. The van der Waals surface area contributed by atoms with E-state index >= 15 is 0 Å². The monoisotopic (exact) mass is 457 g/mol. The molecule has 184 valence electrons. The number of likely N-dealkylation sites (tertiary alicyclic amines) is 1. The van der Waals surface area contributed by atoms with Gasteiger partial charge >= 0.3 is 0 Å². The van der Waals surface area contributed by atoms with Crippen molar-refractivity contribution >= 4 is 11.8 Å². The van der Waals surface area contributed by atoms with Crippen LogP contribution < -0.4 is 11.1 Å². The van der Waals surface area contributed by atoms with Crippen LogP contribution in [-0.4, -0.2) is 45.1 Å². The van der Waals surface area contributed by atoms with Gasteiger partial charge in [0.2, 0.25) is 11.8 Å². The Morgan fingerprint density at radius 2 is 1.73 bits per heavy atom. The van der Waals surface area contributed by atoms with Crippen molar-refractivity contribution in [2.24, 2.45) is 18.2 Å². The standard InChI is InChI=1S/C22H31N5O2.2C2H6/c1-22(2,3)19(23)21(29)27-13-5-6-18(27)20(28)24-14-15-7-9-16(10-8-15)17-11-12-25-26(17)4;2*1-2/h7-12,18-19H,5-6,13-14,23H2,1-4H3,(H,24,28);2*1-2H3. The minimum Gasteiger partial charge on any atom is -0.350 e. The Morgan fingerprint density at radius 1 is 1.12 bits per heavy atom. The van der Waals surface area contributed by atoms with Crippen molar-refractivity contribution in [3.05, 3.63) is 42.1 Å². The average molecular weight is 458 g/mol. The van der Waals surface area contributed by atoms with Crippen LogP contribution in [0, 0.1) is 5.41 Å². The molecule has 3 N–H and O–H groups in total. The third-order valence-corrected chi connectivity index (χ3v) is 5.57. The zero-order valence-electron chi connectivity index (χ0n) is 21.7. The topological polar surface area (TPSA) is 93.2 Å². The largest absolute Gasteiger partial charge is 0.350 e. The van der Waals surface area contributed by atoms with E-state index in [0.717, 1.165) is 23.2 Å². The molecule has 1 fully saturated rings. The van der Waals surface area contributed by atoms with Crippen LogP contribution in [0.5, 0.6) is 0 Å². The summed E-state index contributed by atoms with van der Waals surface area (Å²) >= 11 is 0. The first-order valence-electron chi connectivity index (χ1n) is 12.1. The average Bonchev–Trinajstić information content (AvgIpc) is 3.48. The molecule has 0 spiro atoms. The Bertz CT molecular complexity index is 868. The van der Waals surface area contributed by atoms with Gasteiger partial charge in [0.1, 0.15) is 6.04 Å². The fourth-order valence-electron chi connectivity index (χ4n) is 3.61. The van der Waals surface area contributed by atoms with E-state index in [1.807, 2.05) is 90.5 Å². The maximum absolute atomic E-state index is 12.8. The van der Waals surface area contributed by atoms with Crippen LogP contribution in [-0.2, 0) is 23.2 Å². The number of hydrogen-bond acceptors (Lipinski definition) is 4. The Labute approximate surface area is 199 Å². The SMILES string of the molecule is CC.CC.Cn1nccc1-c1ccc(CNC(=O)C2CCCN2C(=O)C(N)C(C)(C)C)cc1. The molecular formula is C26H43N5O2. The predicted molar refractivity (Wildman–Crippen MR) is 135 cm³/mol. The van der Waals surface area contributed by atoms with Gasteiger partial charge in [0.25, 0.3) is 0 Å². The van der Waals surface area contributed by atoms with E-state index in [1.54, 1.807) is 11.1 Å². The minimum absolute atomic E-state index is 0.118. The number of carbonyl (C=O) groups is 2. The normalized spacial score (nSPS) is 16.2. The van der Waals surface area contributed by atoms with Crippen molar-refractivity contribution in [2.45, 2.75) is 79.9 Å². The van der Waals surface area contributed by atoms with Gasteiger partial charge in [-0.05, 0) is 35.4 Å². The molecular weight excluding hydrogens is 414 g/mol. The molecule has 2 aromatic rings. The number of nitrogens with one attached hydrogen (secondary N) is 1. The van der Waals surface area contributed by atoms with E-state index in [2.05, 4.69) is 10.4 Å². The lowest BCUT2D eigenvalue weighted by Crippen LogP contribution is -2.54. The third-order valence-electron chi connectivity index (χ3n) is 5.57.